The van der Waals surface area contributed by atoms with Gasteiger partial charge in [-0.2, -0.15) is 5.10 Å². The number of amides is 1. The standard InChI is InChI=1S/C31H25BrN2O3/c1-2-36-29-17-21(19-33-34-31(35)25-15-14-22-8-3-4-10-24(22)18-25)16-28(32)30(29)37-20-26-12-7-11-23-9-5-6-13-27(23)26/h3-19H,2,20H2,1H3,(H,34,35)/b33-19-. The molecule has 6 heteroatoms. The fraction of sp³-hybridized carbons (Fsp3) is 0.0968. The minimum Gasteiger partial charge on any atom is -0.490 e. The van der Waals surface area contributed by atoms with Gasteiger partial charge in [0.1, 0.15) is 6.61 Å². The normalized spacial score (nSPS) is 11.2. The number of hydrogen-bond acceptors (Lipinski definition) is 4. The highest BCUT2D eigenvalue weighted by atomic mass is 79.9. The highest BCUT2D eigenvalue weighted by Gasteiger charge is 2.13. The summed E-state index contributed by atoms with van der Waals surface area (Å²) in [4.78, 5) is 12.6. The summed E-state index contributed by atoms with van der Waals surface area (Å²) in [5.74, 6) is 0.938. The number of benzene rings is 5. The second-order valence-corrected chi connectivity index (χ2v) is 9.31. The number of nitrogens with one attached hydrogen (secondary N) is 1. The molecule has 5 rings (SSSR count). The lowest BCUT2D eigenvalue weighted by Crippen LogP contribution is -2.17. The van der Waals surface area contributed by atoms with Crippen molar-refractivity contribution in [1.82, 2.24) is 5.43 Å². The van der Waals surface area contributed by atoms with E-state index in [-0.39, 0.29) is 5.91 Å². The number of carbonyl (C=O) groups excluding carboxylic acids is 1. The van der Waals surface area contributed by atoms with E-state index >= 15 is 0 Å². The van der Waals surface area contributed by atoms with Gasteiger partial charge >= 0.3 is 0 Å². The lowest BCUT2D eigenvalue weighted by molar-refractivity contribution is 0.0955. The third-order valence-electron chi connectivity index (χ3n) is 5.98. The summed E-state index contributed by atoms with van der Waals surface area (Å²) < 4.78 is 12.8. The second kappa shape index (κ2) is 11.3. The van der Waals surface area contributed by atoms with Crippen molar-refractivity contribution in [2.24, 2.45) is 5.10 Å². The van der Waals surface area contributed by atoms with Gasteiger partial charge in [0.05, 0.1) is 17.3 Å². The molecule has 5 aromatic carbocycles. The van der Waals surface area contributed by atoms with Gasteiger partial charge in [0, 0.05) is 5.56 Å². The average Bonchev–Trinajstić information content (AvgIpc) is 2.92. The number of carbonyl (C=O) groups is 1. The van der Waals surface area contributed by atoms with E-state index in [4.69, 9.17) is 9.47 Å². The van der Waals surface area contributed by atoms with Crippen LogP contribution in [-0.2, 0) is 6.61 Å². The van der Waals surface area contributed by atoms with Crippen LogP contribution in [0.2, 0.25) is 0 Å². The highest BCUT2D eigenvalue weighted by molar-refractivity contribution is 9.10. The second-order valence-electron chi connectivity index (χ2n) is 8.45. The lowest BCUT2D eigenvalue weighted by atomic mass is 10.1. The van der Waals surface area contributed by atoms with Crippen molar-refractivity contribution in [2.45, 2.75) is 13.5 Å². The molecule has 184 valence electrons. The van der Waals surface area contributed by atoms with Crippen LogP contribution in [0.25, 0.3) is 21.5 Å². The molecule has 37 heavy (non-hydrogen) atoms. The molecule has 0 saturated carbocycles. The summed E-state index contributed by atoms with van der Waals surface area (Å²) in [5.41, 5.74) is 5.00. The van der Waals surface area contributed by atoms with Crippen LogP contribution in [0.5, 0.6) is 11.5 Å². The quantitative estimate of drug-likeness (QED) is 0.160. The summed E-state index contributed by atoms with van der Waals surface area (Å²) in [6.07, 6.45) is 1.58. The van der Waals surface area contributed by atoms with E-state index in [9.17, 15) is 4.79 Å². The van der Waals surface area contributed by atoms with E-state index in [0.717, 1.165) is 31.8 Å². The molecule has 0 aliphatic rings. The molecule has 0 bridgehead atoms. The highest BCUT2D eigenvalue weighted by Crippen LogP contribution is 2.37. The van der Waals surface area contributed by atoms with Crippen molar-refractivity contribution >= 4 is 49.6 Å². The maximum Gasteiger partial charge on any atom is 0.271 e. The fourth-order valence-electron chi connectivity index (χ4n) is 4.19. The number of nitrogens with zero attached hydrogens (tertiary/aromatic N) is 1. The van der Waals surface area contributed by atoms with E-state index < -0.39 is 0 Å². The molecule has 0 fully saturated rings. The minimum absolute atomic E-state index is 0.277. The van der Waals surface area contributed by atoms with Crippen LogP contribution in [0.1, 0.15) is 28.4 Å². The van der Waals surface area contributed by atoms with Gasteiger partial charge in [-0.15, -0.1) is 0 Å². The molecular formula is C31H25BrN2O3. The van der Waals surface area contributed by atoms with Crippen molar-refractivity contribution < 1.29 is 14.3 Å². The Morgan fingerprint density at radius 2 is 1.62 bits per heavy atom. The Kier molecular flexibility index (Phi) is 7.47. The number of rotatable bonds is 8. The molecule has 0 aromatic heterocycles. The van der Waals surface area contributed by atoms with E-state index in [1.807, 2.05) is 73.7 Å². The maximum absolute atomic E-state index is 12.6. The molecule has 0 radical (unpaired) electrons. The molecule has 0 aliphatic heterocycles. The van der Waals surface area contributed by atoms with Gasteiger partial charge in [0.15, 0.2) is 11.5 Å². The van der Waals surface area contributed by atoms with Crippen molar-refractivity contribution in [3.63, 3.8) is 0 Å². The van der Waals surface area contributed by atoms with Gasteiger partial charge < -0.3 is 9.47 Å². The van der Waals surface area contributed by atoms with Crippen molar-refractivity contribution in [3.8, 4) is 11.5 Å². The Balaban J connectivity index is 1.31. The molecular weight excluding hydrogens is 528 g/mol. The van der Waals surface area contributed by atoms with Crippen LogP contribution in [0, 0.1) is 0 Å². The number of hydrazone groups is 1. The summed E-state index contributed by atoms with van der Waals surface area (Å²) in [6.45, 7) is 2.80. The lowest BCUT2D eigenvalue weighted by Gasteiger charge is -2.15. The Morgan fingerprint density at radius 1 is 0.865 bits per heavy atom. The molecule has 0 saturated heterocycles. The third kappa shape index (κ3) is 5.65. The Bertz CT molecular complexity index is 1610. The predicted octanol–water partition coefficient (Wildman–Crippen LogP) is 7.50. The van der Waals surface area contributed by atoms with Crippen molar-refractivity contribution in [1.29, 1.82) is 0 Å². The number of ether oxygens (including phenoxy) is 2. The fourth-order valence-corrected chi connectivity index (χ4v) is 4.77. The topological polar surface area (TPSA) is 59.9 Å². The smallest absolute Gasteiger partial charge is 0.271 e. The molecule has 0 unspecified atom stereocenters. The summed E-state index contributed by atoms with van der Waals surface area (Å²) in [6, 6.07) is 31.6. The first-order valence-electron chi connectivity index (χ1n) is 12.0. The maximum atomic E-state index is 12.6. The van der Waals surface area contributed by atoms with Crippen molar-refractivity contribution in [3.05, 3.63) is 118 Å². The molecule has 5 aromatic rings. The molecule has 0 heterocycles. The van der Waals surface area contributed by atoms with Gasteiger partial charge in [-0.3, -0.25) is 4.79 Å². The summed E-state index contributed by atoms with van der Waals surface area (Å²) in [5, 5.41) is 8.57. The van der Waals surface area contributed by atoms with Gasteiger partial charge in [-0.05, 0) is 79.8 Å². The molecule has 0 aliphatic carbocycles. The van der Waals surface area contributed by atoms with Crippen LogP contribution in [0.3, 0.4) is 0 Å². The summed E-state index contributed by atoms with van der Waals surface area (Å²) in [7, 11) is 0. The molecule has 1 N–H and O–H groups in total. The first-order valence-corrected chi connectivity index (χ1v) is 12.8. The first-order chi connectivity index (χ1) is 18.1. The predicted molar refractivity (Wildman–Crippen MR) is 153 cm³/mol. The molecule has 5 nitrogen and oxygen atoms in total. The van der Waals surface area contributed by atoms with E-state index in [0.29, 0.717) is 30.3 Å². The van der Waals surface area contributed by atoms with Gasteiger partial charge in [0.2, 0.25) is 0 Å². The zero-order chi connectivity index (χ0) is 25.6. The zero-order valence-electron chi connectivity index (χ0n) is 20.3. The number of fused-ring (bicyclic) bond motifs is 2. The Morgan fingerprint density at radius 3 is 2.46 bits per heavy atom. The SMILES string of the molecule is CCOc1cc(/C=N\NC(=O)c2ccc3ccccc3c2)cc(Br)c1OCc1cccc2ccccc12. The summed E-state index contributed by atoms with van der Waals surface area (Å²) >= 11 is 3.62. The monoisotopic (exact) mass is 552 g/mol. The third-order valence-corrected chi connectivity index (χ3v) is 6.56. The molecule has 0 spiro atoms. The van der Waals surface area contributed by atoms with Crippen LogP contribution in [-0.4, -0.2) is 18.7 Å². The first kappa shape index (κ1) is 24.5. The largest absolute Gasteiger partial charge is 0.490 e. The number of halogens is 1. The van der Waals surface area contributed by atoms with E-state index in [1.165, 1.54) is 5.39 Å². The van der Waals surface area contributed by atoms with Crippen molar-refractivity contribution in [2.75, 3.05) is 6.61 Å². The van der Waals surface area contributed by atoms with Gasteiger partial charge in [-0.1, -0.05) is 72.8 Å². The minimum atomic E-state index is -0.277. The molecule has 1 amide bonds. The molecule has 0 atom stereocenters. The van der Waals surface area contributed by atoms with Crippen LogP contribution in [0.4, 0.5) is 0 Å². The van der Waals surface area contributed by atoms with Gasteiger partial charge in [-0.25, -0.2) is 5.43 Å². The average molecular weight is 553 g/mol. The number of hydrogen-bond donors (Lipinski definition) is 1. The zero-order valence-corrected chi connectivity index (χ0v) is 21.9. The Labute approximate surface area is 223 Å². The van der Waals surface area contributed by atoms with E-state index in [1.54, 1.807) is 12.3 Å². The van der Waals surface area contributed by atoms with E-state index in [2.05, 4.69) is 50.7 Å². The van der Waals surface area contributed by atoms with Crippen LogP contribution < -0.4 is 14.9 Å². The van der Waals surface area contributed by atoms with Crippen LogP contribution >= 0.6 is 15.9 Å². The van der Waals surface area contributed by atoms with Crippen LogP contribution in [0.15, 0.2) is 107 Å². The van der Waals surface area contributed by atoms with Gasteiger partial charge in [0.25, 0.3) is 5.91 Å². The Hall–Kier alpha value is -4.16.